The van der Waals surface area contributed by atoms with E-state index in [2.05, 4.69) is 31.0 Å². The second-order valence-corrected chi connectivity index (χ2v) is 6.62. The molecule has 0 aliphatic carbocycles. The number of carbonyl (C=O) groups is 1. The minimum absolute atomic E-state index is 0.402. The monoisotopic (exact) mass is 252 g/mol. The predicted molar refractivity (Wildman–Crippen MR) is 74.4 cm³/mol. The zero-order chi connectivity index (χ0) is 13.1. The van der Waals surface area contributed by atoms with Crippen molar-refractivity contribution in [3.8, 4) is 0 Å². The second kappa shape index (κ2) is 6.05. The molecule has 3 nitrogen and oxygen atoms in total. The molecule has 0 aromatic rings. The maximum absolute atomic E-state index is 12.5. The van der Waals surface area contributed by atoms with Gasteiger partial charge in [-0.1, -0.05) is 20.8 Å². The van der Waals surface area contributed by atoms with Gasteiger partial charge in [-0.2, -0.15) is 0 Å². The molecule has 2 saturated heterocycles. The minimum Gasteiger partial charge on any atom is -0.335 e. The highest BCUT2D eigenvalue weighted by Gasteiger charge is 2.37. The van der Waals surface area contributed by atoms with Gasteiger partial charge in [0.25, 0.3) is 0 Å². The fourth-order valence-electron chi connectivity index (χ4n) is 3.68. The van der Waals surface area contributed by atoms with E-state index in [0.717, 1.165) is 32.4 Å². The van der Waals surface area contributed by atoms with E-state index in [-0.39, 0.29) is 0 Å². The number of hydrogen-bond acceptors (Lipinski definition) is 2. The van der Waals surface area contributed by atoms with Gasteiger partial charge in [0.2, 0.25) is 5.91 Å². The highest BCUT2D eigenvalue weighted by atomic mass is 16.2. The van der Waals surface area contributed by atoms with Crippen molar-refractivity contribution in [3.05, 3.63) is 0 Å². The molecule has 3 heteroatoms. The summed E-state index contributed by atoms with van der Waals surface area (Å²) in [4.78, 5) is 14.7. The largest absolute Gasteiger partial charge is 0.335 e. The van der Waals surface area contributed by atoms with Crippen molar-refractivity contribution in [3.63, 3.8) is 0 Å². The van der Waals surface area contributed by atoms with Gasteiger partial charge in [0.05, 0.1) is 0 Å². The summed E-state index contributed by atoms with van der Waals surface area (Å²) in [6, 6.07) is 0.986. The summed E-state index contributed by atoms with van der Waals surface area (Å²) in [5, 5.41) is 3.46. The van der Waals surface area contributed by atoms with Crippen LogP contribution in [0.25, 0.3) is 0 Å². The fourth-order valence-corrected chi connectivity index (χ4v) is 3.68. The Morgan fingerprint density at radius 3 is 2.67 bits per heavy atom. The Morgan fingerprint density at radius 2 is 1.94 bits per heavy atom. The summed E-state index contributed by atoms with van der Waals surface area (Å²) in [5.74, 6) is 1.61. The van der Waals surface area contributed by atoms with E-state index in [1.807, 2.05) is 0 Å². The lowest BCUT2D eigenvalue weighted by Crippen LogP contribution is -2.43. The number of nitrogens with zero attached hydrogens (tertiary/aromatic N) is 1. The molecule has 0 radical (unpaired) electrons. The van der Waals surface area contributed by atoms with Gasteiger partial charge in [0, 0.05) is 25.0 Å². The van der Waals surface area contributed by atoms with Gasteiger partial charge in [-0.05, 0) is 44.1 Å². The Bertz CT molecular complexity index is 276. The maximum Gasteiger partial charge on any atom is 0.223 e. The molecule has 18 heavy (non-hydrogen) atoms. The summed E-state index contributed by atoms with van der Waals surface area (Å²) >= 11 is 0. The molecule has 1 N–H and O–H groups in total. The van der Waals surface area contributed by atoms with Crippen LogP contribution in [-0.2, 0) is 4.79 Å². The van der Waals surface area contributed by atoms with E-state index in [0.29, 0.717) is 29.8 Å². The molecular weight excluding hydrogens is 224 g/mol. The third-order valence-corrected chi connectivity index (χ3v) is 4.34. The van der Waals surface area contributed by atoms with Crippen LogP contribution in [0.5, 0.6) is 0 Å². The number of rotatable bonds is 4. The molecule has 2 aliphatic rings. The van der Waals surface area contributed by atoms with Crippen LogP contribution in [0.15, 0.2) is 0 Å². The summed E-state index contributed by atoms with van der Waals surface area (Å²) < 4.78 is 0. The van der Waals surface area contributed by atoms with Crippen LogP contribution in [0.2, 0.25) is 0 Å². The number of nitrogens with one attached hydrogen (secondary N) is 1. The van der Waals surface area contributed by atoms with Gasteiger partial charge >= 0.3 is 0 Å². The molecule has 2 aliphatic heterocycles. The summed E-state index contributed by atoms with van der Waals surface area (Å²) in [7, 11) is 0. The maximum atomic E-state index is 12.5. The smallest absolute Gasteiger partial charge is 0.223 e. The molecule has 2 bridgehead atoms. The fraction of sp³-hybridized carbons (Fsp3) is 0.933. The SMILES string of the molecule is CC(C)CC(C)CC(=O)N1C2CCNCC1CC2. The van der Waals surface area contributed by atoms with Crippen molar-refractivity contribution in [2.45, 2.75) is 65.0 Å². The molecule has 2 fully saturated rings. The number of hydrogen-bond donors (Lipinski definition) is 1. The van der Waals surface area contributed by atoms with Crippen LogP contribution in [0, 0.1) is 11.8 Å². The van der Waals surface area contributed by atoms with Crippen LogP contribution in [-0.4, -0.2) is 36.0 Å². The topological polar surface area (TPSA) is 32.3 Å². The standard InChI is InChI=1S/C15H28N2O/c1-11(2)8-12(3)9-15(18)17-13-4-5-14(17)10-16-7-6-13/h11-14,16H,4-10H2,1-3H3. The third kappa shape index (κ3) is 3.25. The Morgan fingerprint density at radius 1 is 1.22 bits per heavy atom. The van der Waals surface area contributed by atoms with Crippen LogP contribution < -0.4 is 5.32 Å². The van der Waals surface area contributed by atoms with E-state index in [4.69, 9.17) is 0 Å². The third-order valence-electron chi connectivity index (χ3n) is 4.34. The molecule has 0 saturated carbocycles. The zero-order valence-electron chi connectivity index (χ0n) is 12.1. The highest BCUT2D eigenvalue weighted by Crippen LogP contribution is 2.29. The quantitative estimate of drug-likeness (QED) is 0.833. The van der Waals surface area contributed by atoms with E-state index in [1.54, 1.807) is 0 Å². The van der Waals surface area contributed by atoms with Crippen LogP contribution in [0.1, 0.15) is 52.9 Å². The first-order valence-corrected chi connectivity index (χ1v) is 7.59. The van der Waals surface area contributed by atoms with Crippen molar-refractivity contribution in [1.29, 1.82) is 0 Å². The average molecular weight is 252 g/mol. The predicted octanol–water partition coefficient (Wildman–Crippen LogP) is 2.41. The van der Waals surface area contributed by atoms with Crippen molar-refractivity contribution < 1.29 is 4.79 Å². The van der Waals surface area contributed by atoms with E-state index >= 15 is 0 Å². The molecule has 2 rings (SSSR count). The van der Waals surface area contributed by atoms with Crippen LogP contribution in [0.3, 0.4) is 0 Å². The minimum atomic E-state index is 0.402. The molecule has 0 spiro atoms. The molecule has 1 amide bonds. The van der Waals surface area contributed by atoms with Gasteiger partial charge < -0.3 is 10.2 Å². The van der Waals surface area contributed by atoms with Gasteiger partial charge in [-0.25, -0.2) is 0 Å². The zero-order valence-corrected chi connectivity index (χ0v) is 12.1. The molecular formula is C15H28N2O. The molecule has 3 unspecified atom stereocenters. The molecule has 104 valence electrons. The lowest BCUT2D eigenvalue weighted by Gasteiger charge is -2.29. The molecule has 0 aromatic heterocycles. The average Bonchev–Trinajstić information content (AvgIpc) is 2.50. The molecule has 2 heterocycles. The lowest BCUT2D eigenvalue weighted by molar-refractivity contribution is -0.134. The van der Waals surface area contributed by atoms with Crippen molar-refractivity contribution in [1.82, 2.24) is 10.2 Å². The number of fused-ring (bicyclic) bond motifs is 2. The van der Waals surface area contributed by atoms with E-state index in [9.17, 15) is 4.79 Å². The number of amides is 1. The second-order valence-electron chi connectivity index (χ2n) is 6.62. The highest BCUT2D eigenvalue weighted by molar-refractivity contribution is 5.77. The Hall–Kier alpha value is -0.570. The first-order chi connectivity index (χ1) is 8.58. The Kier molecular flexibility index (Phi) is 4.66. The van der Waals surface area contributed by atoms with E-state index < -0.39 is 0 Å². The Labute approximate surface area is 111 Å². The molecule has 3 atom stereocenters. The van der Waals surface area contributed by atoms with Crippen LogP contribution in [0.4, 0.5) is 0 Å². The first kappa shape index (κ1) is 13.9. The summed E-state index contributed by atoms with van der Waals surface area (Å²) in [6.07, 6.45) is 5.46. The van der Waals surface area contributed by atoms with Gasteiger partial charge in [0.15, 0.2) is 0 Å². The lowest BCUT2D eigenvalue weighted by atomic mass is 9.95. The number of carbonyl (C=O) groups excluding carboxylic acids is 1. The van der Waals surface area contributed by atoms with Crippen molar-refractivity contribution >= 4 is 5.91 Å². The Balaban J connectivity index is 1.91. The first-order valence-electron chi connectivity index (χ1n) is 7.59. The van der Waals surface area contributed by atoms with Crippen molar-refractivity contribution in [2.75, 3.05) is 13.1 Å². The van der Waals surface area contributed by atoms with Crippen LogP contribution >= 0.6 is 0 Å². The van der Waals surface area contributed by atoms with Crippen molar-refractivity contribution in [2.24, 2.45) is 11.8 Å². The van der Waals surface area contributed by atoms with Gasteiger partial charge in [0.1, 0.15) is 0 Å². The summed E-state index contributed by atoms with van der Waals surface area (Å²) in [5.41, 5.74) is 0. The van der Waals surface area contributed by atoms with E-state index in [1.165, 1.54) is 12.8 Å². The molecule has 0 aromatic carbocycles. The van der Waals surface area contributed by atoms with Gasteiger partial charge in [-0.15, -0.1) is 0 Å². The normalized spacial score (nSPS) is 29.4. The summed E-state index contributed by atoms with van der Waals surface area (Å²) in [6.45, 7) is 8.77. The van der Waals surface area contributed by atoms with Gasteiger partial charge in [-0.3, -0.25) is 4.79 Å².